The van der Waals surface area contributed by atoms with Crippen molar-refractivity contribution in [3.05, 3.63) is 35.4 Å². The van der Waals surface area contributed by atoms with Crippen molar-refractivity contribution < 1.29 is 9.59 Å². The van der Waals surface area contributed by atoms with E-state index in [9.17, 15) is 9.59 Å². The maximum atomic E-state index is 11.8. The molecule has 84 valence electrons. The number of nitrogens with zero attached hydrogens (tertiary/aromatic N) is 1. The standard InChI is InChI=1S/C9H6Cl3GeNO2/c10-13(11,12)5-14-8(15)6-3-1-2-4-7(6)9(14)16/h1-4H,5H2. The van der Waals surface area contributed by atoms with Gasteiger partial charge in [-0.25, -0.2) is 0 Å². The molecule has 0 saturated heterocycles. The van der Waals surface area contributed by atoms with E-state index in [-0.39, 0.29) is 17.2 Å². The molecule has 1 aliphatic rings. The number of hydrogen-bond donors (Lipinski definition) is 0. The van der Waals surface area contributed by atoms with Crippen LogP contribution in [0.1, 0.15) is 20.7 Å². The van der Waals surface area contributed by atoms with Gasteiger partial charge in [-0.15, -0.1) is 0 Å². The molecule has 2 amide bonds. The van der Waals surface area contributed by atoms with Crippen LogP contribution >= 0.6 is 30.0 Å². The summed E-state index contributed by atoms with van der Waals surface area (Å²) in [5.41, 5.74) is 0.758. The number of hydrogen-bond acceptors (Lipinski definition) is 2. The zero-order valence-electron chi connectivity index (χ0n) is 7.91. The molecule has 1 heterocycles. The van der Waals surface area contributed by atoms with Crippen LogP contribution in [-0.4, -0.2) is 32.6 Å². The fourth-order valence-corrected chi connectivity index (χ4v) is 4.78. The third-order valence-corrected chi connectivity index (χ3v) is 5.49. The van der Waals surface area contributed by atoms with Gasteiger partial charge in [0.05, 0.1) is 0 Å². The number of rotatable bonds is 2. The fraction of sp³-hybridized carbons (Fsp3) is 0.111. The first-order valence-corrected chi connectivity index (χ1v) is 14.2. The first kappa shape index (κ1) is 12.2. The van der Waals surface area contributed by atoms with E-state index in [1.54, 1.807) is 24.3 Å². The van der Waals surface area contributed by atoms with Gasteiger partial charge in [-0.1, -0.05) is 0 Å². The molecule has 0 atom stereocenters. The van der Waals surface area contributed by atoms with E-state index < -0.39 is 10.5 Å². The number of benzene rings is 1. The first-order chi connectivity index (χ1) is 7.40. The average molecular weight is 339 g/mol. The molecule has 0 bridgehead atoms. The summed E-state index contributed by atoms with van der Waals surface area (Å²) in [6, 6.07) is 6.59. The van der Waals surface area contributed by atoms with E-state index in [1.165, 1.54) is 0 Å². The zero-order chi connectivity index (χ0) is 11.9. The van der Waals surface area contributed by atoms with Gasteiger partial charge in [0.1, 0.15) is 0 Å². The first-order valence-electron chi connectivity index (χ1n) is 4.42. The Morgan fingerprint density at radius 1 is 1.00 bits per heavy atom. The van der Waals surface area contributed by atoms with Gasteiger partial charge >= 0.3 is 108 Å². The van der Waals surface area contributed by atoms with Crippen LogP contribution in [0.2, 0.25) is 0 Å². The van der Waals surface area contributed by atoms with E-state index in [2.05, 4.69) is 0 Å². The van der Waals surface area contributed by atoms with E-state index in [1.807, 2.05) is 0 Å². The fourth-order valence-electron chi connectivity index (χ4n) is 1.56. The quantitative estimate of drug-likeness (QED) is 0.613. The van der Waals surface area contributed by atoms with Gasteiger partial charge in [-0.2, -0.15) is 0 Å². The van der Waals surface area contributed by atoms with Crippen LogP contribution in [0.4, 0.5) is 0 Å². The van der Waals surface area contributed by atoms with Crippen LogP contribution < -0.4 is 0 Å². The van der Waals surface area contributed by atoms with Crippen molar-refractivity contribution in [3.63, 3.8) is 0 Å². The molecule has 0 radical (unpaired) electrons. The second-order valence-corrected chi connectivity index (χ2v) is 19.7. The van der Waals surface area contributed by atoms with E-state index >= 15 is 0 Å². The number of carbonyl (C=O) groups excluding carboxylic acids is 2. The number of amides is 2. The van der Waals surface area contributed by atoms with Crippen LogP contribution in [0.3, 0.4) is 0 Å². The van der Waals surface area contributed by atoms with E-state index in [0.29, 0.717) is 11.1 Å². The van der Waals surface area contributed by atoms with Crippen molar-refractivity contribution in [2.24, 2.45) is 0 Å². The molecule has 16 heavy (non-hydrogen) atoms. The second kappa shape index (κ2) is 4.22. The molecule has 0 aromatic heterocycles. The SMILES string of the molecule is O=C1c2ccccc2C(=O)N1[CH2][Ge]([Cl])([Cl])[Cl]. The van der Waals surface area contributed by atoms with E-state index in [4.69, 9.17) is 30.0 Å². The minimum atomic E-state index is -3.53. The molecular formula is C9H6Cl3GeNO2. The summed E-state index contributed by atoms with van der Waals surface area (Å²) >= 11 is 0. The van der Waals surface area contributed by atoms with Crippen LogP contribution in [0.25, 0.3) is 0 Å². The van der Waals surface area contributed by atoms with Gasteiger partial charge in [-0.3, -0.25) is 0 Å². The van der Waals surface area contributed by atoms with Crippen LogP contribution in [0.5, 0.6) is 0 Å². The number of halogens is 3. The summed E-state index contributed by atoms with van der Waals surface area (Å²) in [6.45, 7) is 0. The normalized spacial score (nSPS) is 15.6. The van der Waals surface area contributed by atoms with Crippen molar-refractivity contribution in [2.75, 3.05) is 5.38 Å². The van der Waals surface area contributed by atoms with Gasteiger partial charge in [-0.05, 0) is 0 Å². The van der Waals surface area contributed by atoms with Gasteiger partial charge in [0.15, 0.2) is 0 Å². The third-order valence-electron chi connectivity index (χ3n) is 2.22. The summed E-state index contributed by atoms with van der Waals surface area (Å²) in [6.07, 6.45) is 0. The molecule has 3 nitrogen and oxygen atoms in total. The molecule has 0 aliphatic carbocycles. The van der Waals surface area contributed by atoms with Crippen LogP contribution in [-0.2, 0) is 0 Å². The van der Waals surface area contributed by atoms with Gasteiger partial charge in [0, 0.05) is 0 Å². The van der Waals surface area contributed by atoms with Crippen molar-refractivity contribution in [1.29, 1.82) is 0 Å². The Morgan fingerprint density at radius 3 is 1.81 bits per heavy atom. The molecule has 7 heteroatoms. The summed E-state index contributed by atoms with van der Waals surface area (Å²) in [5, 5.41) is -0.0585. The Kier molecular flexibility index (Phi) is 3.23. The Hall–Kier alpha value is -0.227. The molecule has 0 unspecified atom stereocenters. The molecule has 0 fully saturated rings. The maximum absolute atomic E-state index is 11.8. The van der Waals surface area contributed by atoms with Crippen LogP contribution in [0, 0.1) is 0 Å². The summed E-state index contributed by atoms with van der Waals surface area (Å²) < 4.78 is 0. The molecule has 0 saturated carbocycles. The Morgan fingerprint density at radius 2 is 1.44 bits per heavy atom. The Labute approximate surface area is 107 Å². The molecule has 0 spiro atoms. The summed E-state index contributed by atoms with van der Waals surface area (Å²) in [7, 11) is 13.7. The van der Waals surface area contributed by atoms with Crippen molar-refractivity contribution in [3.8, 4) is 0 Å². The molecule has 1 aromatic carbocycles. The number of fused-ring (bicyclic) bond motifs is 1. The Balaban J connectivity index is 2.36. The van der Waals surface area contributed by atoms with Crippen LogP contribution in [0.15, 0.2) is 24.3 Å². The van der Waals surface area contributed by atoms with Crippen molar-refractivity contribution >= 4 is 52.3 Å². The van der Waals surface area contributed by atoms with Crippen molar-refractivity contribution in [1.82, 2.24) is 4.90 Å². The molecular weight excluding hydrogens is 333 g/mol. The molecule has 2 rings (SSSR count). The number of imide groups is 1. The van der Waals surface area contributed by atoms with Gasteiger partial charge < -0.3 is 0 Å². The summed E-state index contributed by atoms with van der Waals surface area (Å²) in [4.78, 5) is 24.7. The zero-order valence-corrected chi connectivity index (χ0v) is 12.3. The van der Waals surface area contributed by atoms with E-state index in [0.717, 1.165) is 4.90 Å². The Bertz CT molecular complexity index is 437. The summed E-state index contributed by atoms with van der Waals surface area (Å²) in [5.74, 6) is -0.755. The number of carbonyl (C=O) groups is 2. The molecule has 1 aromatic rings. The van der Waals surface area contributed by atoms with Crippen molar-refractivity contribution in [2.45, 2.75) is 0 Å². The second-order valence-electron chi connectivity index (χ2n) is 3.36. The predicted octanol–water partition coefficient (Wildman–Crippen LogP) is 2.48. The monoisotopic (exact) mass is 339 g/mol. The third kappa shape index (κ3) is 2.23. The average Bonchev–Trinajstić information content (AvgIpc) is 2.43. The van der Waals surface area contributed by atoms with Gasteiger partial charge in [0.25, 0.3) is 0 Å². The molecule has 0 N–H and O–H groups in total. The molecule has 1 aliphatic heterocycles. The minimum absolute atomic E-state index is 0.0585. The van der Waals surface area contributed by atoms with Gasteiger partial charge in [0.2, 0.25) is 0 Å². The predicted molar refractivity (Wildman–Crippen MR) is 65.1 cm³/mol. The topological polar surface area (TPSA) is 37.4 Å².